The Morgan fingerprint density at radius 1 is 1.30 bits per heavy atom. The van der Waals surface area contributed by atoms with E-state index < -0.39 is 24.5 Å². The maximum Gasteiger partial charge on any atom is 0.338 e. The van der Waals surface area contributed by atoms with Gasteiger partial charge in [-0.25, -0.2) is 9.59 Å². The molecule has 0 aliphatic heterocycles. The Labute approximate surface area is 125 Å². The maximum absolute atomic E-state index is 11.6. The molecular formula is C13H15BrN2O4. The predicted octanol–water partition coefficient (Wildman–Crippen LogP) is 1.84. The number of hydrogen-bond donors (Lipinski definition) is 2. The number of urea groups is 1. The van der Waals surface area contributed by atoms with E-state index >= 15 is 0 Å². The van der Waals surface area contributed by atoms with Crippen LogP contribution in [0.2, 0.25) is 0 Å². The lowest BCUT2D eigenvalue weighted by Crippen LogP contribution is -2.44. The number of imide groups is 1. The standard InChI is InChI=1S/C13H15BrN2O4/c1-8(2)15-13(19)16-11(17)7-20-12(18)9-4-3-5-10(14)6-9/h3-6,8H,7H2,1-2H3,(H2,15,16,17,19). The molecule has 0 fully saturated rings. The maximum atomic E-state index is 11.6. The first kappa shape index (κ1) is 16.2. The molecule has 0 aliphatic carbocycles. The molecule has 0 spiro atoms. The van der Waals surface area contributed by atoms with Crippen molar-refractivity contribution in [2.24, 2.45) is 0 Å². The third-order valence-corrected chi connectivity index (χ3v) is 2.56. The minimum atomic E-state index is -0.688. The summed E-state index contributed by atoms with van der Waals surface area (Å²) < 4.78 is 5.53. The molecule has 3 amide bonds. The fourth-order valence-corrected chi connectivity index (χ4v) is 1.69. The Bertz CT molecular complexity index is 517. The van der Waals surface area contributed by atoms with Gasteiger partial charge in [-0.05, 0) is 32.0 Å². The van der Waals surface area contributed by atoms with Crippen molar-refractivity contribution in [3.63, 3.8) is 0 Å². The van der Waals surface area contributed by atoms with Gasteiger partial charge in [0.25, 0.3) is 5.91 Å². The van der Waals surface area contributed by atoms with Crippen LogP contribution >= 0.6 is 15.9 Å². The van der Waals surface area contributed by atoms with E-state index in [1.54, 1.807) is 38.1 Å². The molecule has 20 heavy (non-hydrogen) atoms. The van der Waals surface area contributed by atoms with Gasteiger partial charge in [0.1, 0.15) is 0 Å². The summed E-state index contributed by atoms with van der Waals surface area (Å²) in [4.78, 5) is 34.3. The topological polar surface area (TPSA) is 84.5 Å². The molecule has 0 heterocycles. The summed E-state index contributed by atoms with van der Waals surface area (Å²) in [6.45, 7) is 3.01. The van der Waals surface area contributed by atoms with Crippen LogP contribution in [0.5, 0.6) is 0 Å². The van der Waals surface area contributed by atoms with Gasteiger partial charge in [-0.1, -0.05) is 22.0 Å². The molecule has 0 radical (unpaired) electrons. The quantitative estimate of drug-likeness (QED) is 0.817. The van der Waals surface area contributed by atoms with Gasteiger partial charge in [0.2, 0.25) is 0 Å². The first-order valence-electron chi connectivity index (χ1n) is 5.91. The van der Waals surface area contributed by atoms with Crippen molar-refractivity contribution in [2.75, 3.05) is 6.61 Å². The molecule has 7 heteroatoms. The van der Waals surface area contributed by atoms with Crippen molar-refractivity contribution < 1.29 is 19.1 Å². The second kappa shape index (κ2) is 7.64. The number of ether oxygens (including phenoxy) is 1. The first-order valence-corrected chi connectivity index (χ1v) is 6.71. The minimum Gasteiger partial charge on any atom is -0.452 e. The second-order valence-corrected chi connectivity index (χ2v) is 5.18. The summed E-state index contributed by atoms with van der Waals surface area (Å²) >= 11 is 3.23. The molecule has 1 rings (SSSR count). The van der Waals surface area contributed by atoms with Gasteiger partial charge in [-0.3, -0.25) is 10.1 Å². The van der Waals surface area contributed by atoms with Crippen LogP contribution in [-0.2, 0) is 9.53 Å². The molecule has 0 saturated carbocycles. The number of hydrogen-bond acceptors (Lipinski definition) is 4. The van der Waals surface area contributed by atoms with Gasteiger partial charge in [0, 0.05) is 10.5 Å². The Kier molecular flexibility index (Phi) is 6.17. The van der Waals surface area contributed by atoms with Crippen molar-refractivity contribution in [1.82, 2.24) is 10.6 Å². The number of benzene rings is 1. The normalized spacial score (nSPS) is 10.0. The smallest absolute Gasteiger partial charge is 0.338 e. The molecular weight excluding hydrogens is 328 g/mol. The zero-order valence-corrected chi connectivity index (χ0v) is 12.7. The van der Waals surface area contributed by atoms with Crippen LogP contribution < -0.4 is 10.6 Å². The van der Waals surface area contributed by atoms with Gasteiger partial charge >= 0.3 is 12.0 Å². The fourth-order valence-electron chi connectivity index (χ4n) is 1.29. The number of halogens is 1. The van der Waals surface area contributed by atoms with E-state index in [1.807, 2.05) is 0 Å². The van der Waals surface area contributed by atoms with E-state index in [9.17, 15) is 14.4 Å². The van der Waals surface area contributed by atoms with E-state index in [0.29, 0.717) is 5.56 Å². The number of nitrogens with one attached hydrogen (secondary N) is 2. The molecule has 2 N–H and O–H groups in total. The third kappa shape index (κ3) is 5.83. The van der Waals surface area contributed by atoms with E-state index in [-0.39, 0.29) is 6.04 Å². The lowest BCUT2D eigenvalue weighted by Gasteiger charge is -2.09. The molecule has 0 aromatic heterocycles. The number of amides is 3. The predicted molar refractivity (Wildman–Crippen MR) is 76.2 cm³/mol. The highest BCUT2D eigenvalue weighted by Gasteiger charge is 2.12. The van der Waals surface area contributed by atoms with Crippen molar-refractivity contribution in [3.8, 4) is 0 Å². The van der Waals surface area contributed by atoms with Gasteiger partial charge in [0.15, 0.2) is 6.61 Å². The number of carbonyl (C=O) groups is 3. The van der Waals surface area contributed by atoms with Crippen LogP contribution in [-0.4, -0.2) is 30.6 Å². The molecule has 0 bridgehead atoms. The molecule has 0 unspecified atom stereocenters. The monoisotopic (exact) mass is 342 g/mol. The van der Waals surface area contributed by atoms with E-state index in [4.69, 9.17) is 4.74 Å². The van der Waals surface area contributed by atoms with Crippen molar-refractivity contribution in [3.05, 3.63) is 34.3 Å². The van der Waals surface area contributed by atoms with Crippen LogP contribution in [0.15, 0.2) is 28.7 Å². The van der Waals surface area contributed by atoms with Crippen molar-refractivity contribution in [2.45, 2.75) is 19.9 Å². The van der Waals surface area contributed by atoms with Crippen molar-refractivity contribution >= 4 is 33.8 Å². The Balaban J connectivity index is 2.41. The van der Waals surface area contributed by atoms with Gasteiger partial charge in [0.05, 0.1) is 5.56 Å². The SMILES string of the molecule is CC(C)NC(=O)NC(=O)COC(=O)c1cccc(Br)c1. The van der Waals surface area contributed by atoms with E-state index in [0.717, 1.165) is 4.47 Å². The summed E-state index contributed by atoms with van der Waals surface area (Å²) in [5.41, 5.74) is 0.318. The van der Waals surface area contributed by atoms with Crippen LogP contribution in [0.4, 0.5) is 4.79 Å². The van der Waals surface area contributed by atoms with Crippen LogP contribution in [0.1, 0.15) is 24.2 Å². The molecule has 6 nitrogen and oxygen atoms in total. The second-order valence-electron chi connectivity index (χ2n) is 4.26. The summed E-state index contributed by atoms with van der Waals surface area (Å²) in [6, 6.07) is 5.87. The Hall–Kier alpha value is -1.89. The van der Waals surface area contributed by atoms with Crippen LogP contribution in [0.25, 0.3) is 0 Å². The molecule has 0 aliphatic rings. The number of rotatable bonds is 4. The highest BCUT2D eigenvalue weighted by molar-refractivity contribution is 9.10. The highest BCUT2D eigenvalue weighted by Crippen LogP contribution is 2.12. The molecule has 1 aromatic rings. The lowest BCUT2D eigenvalue weighted by molar-refractivity contribution is -0.123. The van der Waals surface area contributed by atoms with Gasteiger partial charge < -0.3 is 10.1 Å². The largest absolute Gasteiger partial charge is 0.452 e. The lowest BCUT2D eigenvalue weighted by atomic mass is 10.2. The molecule has 1 aromatic carbocycles. The molecule has 0 atom stereocenters. The first-order chi connectivity index (χ1) is 9.38. The third-order valence-electron chi connectivity index (χ3n) is 2.07. The zero-order valence-electron chi connectivity index (χ0n) is 11.1. The molecule has 0 saturated heterocycles. The number of carbonyl (C=O) groups excluding carboxylic acids is 3. The molecule has 108 valence electrons. The van der Waals surface area contributed by atoms with Crippen molar-refractivity contribution in [1.29, 1.82) is 0 Å². The highest BCUT2D eigenvalue weighted by atomic mass is 79.9. The van der Waals surface area contributed by atoms with Gasteiger partial charge in [-0.15, -0.1) is 0 Å². The zero-order chi connectivity index (χ0) is 15.1. The van der Waals surface area contributed by atoms with Gasteiger partial charge in [-0.2, -0.15) is 0 Å². The Morgan fingerprint density at radius 3 is 2.60 bits per heavy atom. The van der Waals surface area contributed by atoms with Crippen LogP contribution in [0, 0.1) is 0 Å². The summed E-state index contributed by atoms with van der Waals surface area (Å²) in [5, 5.41) is 4.54. The average Bonchev–Trinajstić information content (AvgIpc) is 2.34. The fraction of sp³-hybridized carbons (Fsp3) is 0.308. The Morgan fingerprint density at radius 2 is 2.00 bits per heavy atom. The summed E-state index contributed by atoms with van der Waals surface area (Å²) in [5.74, 6) is -1.32. The average molecular weight is 343 g/mol. The van der Waals surface area contributed by atoms with E-state index in [1.165, 1.54) is 0 Å². The van der Waals surface area contributed by atoms with E-state index in [2.05, 4.69) is 26.6 Å². The summed E-state index contributed by atoms with van der Waals surface area (Å²) in [6.07, 6.45) is 0. The summed E-state index contributed by atoms with van der Waals surface area (Å²) in [7, 11) is 0. The minimum absolute atomic E-state index is 0.0907. The number of esters is 1. The van der Waals surface area contributed by atoms with Crippen LogP contribution in [0.3, 0.4) is 0 Å².